The van der Waals surface area contributed by atoms with E-state index in [0.717, 1.165) is 31.8 Å². The van der Waals surface area contributed by atoms with Crippen LogP contribution in [0.5, 0.6) is 0 Å². The van der Waals surface area contributed by atoms with Crippen molar-refractivity contribution in [1.29, 1.82) is 0 Å². The van der Waals surface area contributed by atoms with E-state index in [1.165, 1.54) is 19.3 Å². The molecule has 0 aromatic heterocycles. The summed E-state index contributed by atoms with van der Waals surface area (Å²) in [5.41, 5.74) is 5.96. The quantitative estimate of drug-likeness (QED) is 0.834. The zero-order chi connectivity index (χ0) is 14.5. The molecule has 0 heterocycles. The third-order valence-electron chi connectivity index (χ3n) is 4.91. The lowest BCUT2D eigenvalue weighted by atomic mass is 9.74. The fourth-order valence-electron chi connectivity index (χ4n) is 3.22. The molecule has 1 saturated carbocycles. The zero-order valence-electron chi connectivity index (χ0n) is 13.1. The monoisotopic (exact) mass is 269 g/mol. The van der Waals surface area contributed by atoms with Crippen LogP contribution in [-0.4, -0.2) is 48.1 Å². The zero-order valence-corrected chi connectivity index (χ0v) is 13.1. The standard InChI is InChI=1S/C15H31N3O/c1-5-13-8-10-15(12-16,11-9-13)18(7-3)14(19)17(4)6-2/h13H,5-12,16H2,1-4H3. The average molecular weight is 269 g/mol. The van der Waals surface area contributed by atoms with E-state index in [1.807, 2.05) is 18.9 Å². The first kappa shape index (κ1) is 16.3. The van der Waals surface area contributed by atoms with Crippen molar-refractivity contribution in [2.24, 2.45) is 11.7 Å². The van der Waals surface area contributed by atoms with Crippen LogP contribution in [-0.2, 0) is 0 Å². The van der Waals surface area contributed by atoms with Gasteiger partial charge in [-0.1, -0.05) is 13.3 Å². The second-order valence-corrected chi connectivity index (χ2v) is 5.82. The average Bonchev–Trinajstić information content (AvgIpc) is 2.47. The Kier molecular flexibility index (Phi) is 6.11. The van der Waals surface area contributed by atoms with Gasteiger partial charge < -0.3 is 15.5 Å². The molecule has 0 atom stereocenters. The van der Waals surface area contributed by atoms with Crippen molar-refractivity contribution in [3.8, 4) is 0 Å². The smallest absolute Gasteiger partial charge is 0.320 e. The highest BCUT2D eigenvalue weighted by molar-refractivity contribution is 5.75. The Hall–Kier alpha value is -0.770. The number of urea groups is 1. The van der Waals surface area contributed by atoms with E-state index in [1.54, 1.807) is 4.90 Å². The Balaban J connectivity index is 2.84. The van der Waals surface area contributed by atoms with Gasteiger partial charge in [-0.15, -0.1) is 0 Å². The molecule has 0 radical (unpaired) electrons. The predicted molar refractivity (Wildman–Crippen MR) is 80.1 cm³/mol. The molecule has 0 saturated heterocycles. The van der Waals surface area contributed by atoms with Gasteiger partial charge in [-0.2, -0.15) is 0 Å². The van der Waals surface area contributed by atoms with Gasteiger partial charge in [-0.3, -0.25) is 0 Å². The van der Waals surface area contributed by atoms with E-state index in [4.69, 9.17) is 5.73 Å². The molecular formula is C15H31N3O. The molecule has 4 heteroatoms. The van der Waals surface area contributed by atoms with Crippen molar-refractivity contribution >= 4 is 6.03 Å². The number of nitrogens with two attached hydrogens (primary N) is 1. The van der Waals surface area contributed by atoms with Crippen molar-refractivity contribution in [2.75, 3.05) is 26.7 Å². The van der Waals surface area contributed by atoms with Crippen LogP contribution >= 0.6 is 0 Å². The van der Waals surface area contributed by atoms with Crippen molar-refractivity contribution in [2.45, 2.75) is 58.4 Å². The molecule has 112 valence electrons. The van der Waals surface area contributed by atoms with Crippen LogP contribution in [0.15, 0.2) is 0 Å². The third kappa shape index (κ3) is 3.41. The maximum Gasteiger partial charge on any atom is 0.320 e. The van der Waals surface area contributed by atoms with Crippen molar-refractivity contribution in [3.63, 3.8) is 0 Å². The normalized spacial score (nSPS) is 27.1. The summed E-state index contributed by atoms with van der Waals surface area (Å²) >= 11 is 0. The van der Waals surface area contributed by atoms with Gasteiger partial charge in [0.15, 0.2) is 0 Å². The van der Waals surface area contributed by atoms with E-state index in [0.29, 0.717) is 6.54 Å². The minimum Gasteiger partial charge on any atom is -0.328 e. The third-order valence-corrected chi connectivity index (χ3v) is 4.91. The fraction of sp³-hybridized carbons (Fsp3) is 0.933. The summed E-state index contributed by atoms with van der Waals surface area (Å²) in [6, 6.07) is 0.130. The van der Waals surface area contributed by atoms with Gasteiger partial charge in [0.1, 0.15) is 0 Å². The summed E-state index contributed by atoms with van der Waals surface area (Å²) in [5.74, 6) is 0.817. The largest absolute Gasteiger partial charge is 0.328 e. The Bertz CT molecular complexity index is 285. The lowest BCUT2D eigenvalue weighted by molar-refractivity contribution is 0.0573. The number of hydrogen-bond acceptors (Lipinski definition) is 2. The van der Waals surface area contributed by atoms with Crippen molar-refractivity contribution < 1.29 is 4.79 Å². The van der Waals surface area contributed by atoms with E-state index >= 15 is 0 Å². The first-order valence-electron chi connectivity index (χ1n) is 7.77. The minimum absolute atomic E-state index is 0.110. The van der Waals surface area contributed by atoms with Crippen LogP contribution in [0.4, 0.5) is 4.79 Å². The molecule has 0 aromatic carbocycles. The Morgan fingerprint density at radius 1 is 1.21 bits per heavy atom. The molecule has 0 spiro atoms. The SMILES string of the molecule is CCC1CCC(CN)(N(CC)C(=O)N(C)CC)CC1. The summed E-state index contributed by atoms with van der Waals surface area (Å²) in [6.45, 7) is 8.40. The number of carbonyl (C=O) groups is 1. The molecule has 1 aliphatic carbocycles. The van der Waals surface area contributed by atoms with E-state index < -0.39 is 0 Å². The Morgan fingerprint density at radius 3 is 2.16 bits per heavy atom. The lowest BCUT2D eigenvalue weighted by Crippen LogP contribution is -2.60. The van der Waals surface area contributed by atoms with Gasteiger partial charge in [0.05, 0.1) is 5.54 Å². The Morgan fingerprint density at radius 2 is 1.79 bits per heavy atom. The predicted octanol–water partition coefficient (Wildman–Crippen LogP) is 2.68. The molecule has 19 heavy (non-hydrogen) atoms. The summed E-state index contributed by atoms with van der Waals surface area (Å²) < 4.78 is 0. The van der Waals surface area contributed by atoms with E-state index in [9.17, 15) is 4.79 Å². The van der Waals surface area contributed by atoms with Crippen molar-refractivity contribution in [1.82, 2.24) is 9.80 Å². The molecule has 1 rings (SSSR count). The molecule has 2 N–H and O–H groups in total. The van der Waals surface area contributed by atoms with Gasteiger partial charge in [0.25, 0.3) is 0 Å². The van der Waals surface area contributed by atoms with Gasteiger partial charge >= 0.3 is 6.03 Å². The minimum atomic E-state index is -0.110. The van der Waals surface area contributed by atoms with Gasteiger partial charge in [0.2, 0.25) is 0 Å². The molecular weight excluding hydrogens is 238 g/mol. The maximum atomic E-state index is 12.5. The number of hydrogen-bond donors (Lipinski definition) is 1. The molecule has 0 aliphatic heterocycles. The van der Waals surface area contributed by atoms with Gasteiger partial charge in [0, 0.05) is 26.7 Å². The summed E-state index contributed by atoms with van der Waals surface area (Å²) in [6.07, 6.45) is 5.76. The molecule has 0 bridgehead atoms. The number of carbonyl (C=O) groups excluding carboxylic acids is 1. The first-order valence-corrected chi connectivity index (χ1v) is 7.77. The summed E-state index contributed by atoms with van der Waals surface area (Å²) in [4.78, 5) is 16.3. The van der Waals surface area contributed by atoms with Crippen molar-refractivity contribution in [3.05, 3.63) is 0 Å². The molecule has 1 fully saturated rings. The van der Waals surface area contributed by atoms with E-state index in [2.05, 4.69) is 13.8 Å². The topological polar surface area (TPSA) is 49.6 Å². The van der Waals surface area contributed by atoms with Gasteiger partial charge in [-0.25, -0.2) is 4.79 Å². The highest BCUT2D eigenvalue weighted by Crippen LogP contribution is 2.37. The molecule has 4 nitrogen and oxygen atoms in total. The number of nitrogens with zero attached hydrogens (tertiary/aromatic N) is 2. The number of amides is 2. The van der Waals surface area contributed by atoms with E-state index in [-0.39, 0.29) is 11.6 Å². The Labute approximate surface area is 118 Å². The molecule has 0 unspecified atom stereocenters. The highest BCUT2D eigenvalue weighted by Gasteiger charge is 2.41. The maximum absolute atomic E-state index is 12.5. The lowest BCUT2D eigenvalue weighted by Gasteiger charge is -2.48. The summed E-state index contributed by atoms with van der Waals surface area (Å²) in [7, 11) is 1.87. The van der Waals surface area contributed by atoms with Crippen LogP contribution in [0.25, 0.3) is 0 Å². The molecule has 0 aromatic rings. The fourth-order valence-corrected chi connectivity index (χ4v) is 3.22. The highest BCUT2D eigenvalue weighted by atomic mass is 16.2. The van der Waals surface area contributed by atoms with Gasteiger partial charge in [-0.05, 0) is 45.4 Å². The molecule has 1 aliphatic rings. The second kappa shape index (κ2) is 7.13. The second-order valence-electron chi connectivity index (χ2n) is 5.82. The van der Waals surface area contributed by atoms with Crippen LogP contribution in [0.3, 0.4) is 0 Å². The van der Waals surface area contributed by atoms with Crippen LogP contribution in [0.1, 0.15) is 52.9 Å². The molecule has 2 amide bonds. The van der Waals surface area contributed by atoms with Crippen LogP contribution in [0.2, 0.25) is 0 Å². The summed E-state index contributed by atoms with van der Waals surface area (Å²) in [5, 5.41) is 0. The first-order chi connectivity index (χ1) is 9.04. The van der Waals surface area contributed by atoms with Crippen LogP contribution in [0, 0.1) is 5.92 Å². The number of rotatable bonds is 5. The number of likely N-dealkylation sites (N-methyl/N-ethyl adjacent to an activating group) is 1. The van der Waals surface area contributed by atoms with Crippen LogP contribution < -0.4 is 5.73 Å².